The Morgan fingerprint density at radius 3 is 3.00 bits per heavy atom. The van der Waals surface area contributed by atoms with Gasteiger partial charge in [-0.25, -0.2) is 0 Å². The lowest BCUT2D eigenvalue weighted by atomic mass is 10.4. The number of furan rings is 1. The third-order valence-electron chi connectivity index (χ3n) is 1.97. The van der Waals surface area contributed by atoms with Gasteiger partial charge in [0.2, 0.25) is 0 Å². The van der Waals surface area contributed by atoms with Crippen molar-refractivity contribution in [2.24, 2.45) is 0 Å². The van der Waals surface area contributed by atoms with E-state index >= 15 is 0 Å². The van der Waals surface area contributed by atoms with Crippen LogP contribution in [0.3, 0.4) is 0 Å². The molecule has 0 N–H and O–H groups in total. The summed E-state index contributed by atoms with van der Waals surface area (Å²) in [6.07, 6.45) is 3.42. The molecule has 2 aromatic heterocycles. The van der Waals surface area contributed by atoms with E-state index in [4.69, 9.17) is 16.0 Å². The molecular weight excluding hydrogens is 230 g/mol. The fourth-order valence-corrected chi connectivity index (χ4v) is 2.25. The van der Waals surface area contributed by atoms with Crippen LogP contribution >= 0.6 is 23.4 Å². The Balaban J connectivity index is 2.02. The first-order valence-corrected chi connectivity index (χ1v) is 5.89. The molecule has 0 aromatic carbocycles. The lowest BCUT2D eigenvalue weighted by molar-refractivity contribution is 0.527. The van der Waals surface area contributed by atoms with Crippen molar-refractivity contribution in [2.45, 2.75) is 17.6 Å². The molecule has 0 atom stereocenters. The Kier molecular flexibility index (Phi) is 3.34. The number of thioether (sulfide) groups is 1. The first-order chi connectivity index (χ1) is 7.25. The Bertz CT molecular complexity index is 455. The minimum absolute atomic E-state index is 0.726. The van der Waals surface area contributed by atoms with Gasteiger partial charge >= 0.3 is 0 Å². The first kappa shape index (κ1) is 10.6. The van der Waals surface area contributed by atoms with E-state index in [-0.39, 0.29) is 0 Å². The van der Waals surface area contributed by atoms with Crippen molar-refractivity contribution < 1.29 is 4.42 Å². The highest BCUT2D eigenvalue weighted by Gasteiger charge is 2.03. The summed E-state index contributed by atoms with van der Waals surface area (Å²) in [6, 6.07) is 5.62. The minimum Gasteiger partial charge on any atom is -0.468 e. The van der Waals surface area contributed by atoms with Crippen molar-refractivity contribution in [2.75, 3.05) is 0 Å². The Hall–Kier alpha value is -0.930. The molecule has 0 amide bonds. The quantitative estimate of drug-likeness (QED) is 0.759. The fraction of sp³-hybridized carbons (Fsp3) is 0.182. The molecule has 15 heavy (non-hydrogen) atoms. The third kappa shape index (κ3) is 2.76. The second-order valence-corrected chi connectivity index (χ2v) is 4.55. The van der Waals surface area contributed by atoms with Crippen LogP contribution in [0.2, 0.25) is 5.02 Å². The molecule has 78 valence electrons. The molecule has 0 aliphatic heterocycles. The predicted molar refractivity (Wildman–Crippen MR) is 62.3 cm³/mol. The van der Waals surface area contributed by atoms with Crippen molar-refractivity contribution in [3.63, 3.8) is 0 Å². The van der Waals surface area contributed by atoms with E-state index in [2.05, 4.69) is 4.98 Å². The molecule has 0 radical (unpaired) electrons. The summed E-state index contributed by atoms with van der Waals surface area (Å²) in [7, 11) is 0. The summed E-state index contributed by atoms with van der Waals surface area (Å²) in [5.74, 6) is 1.75. The maximum absolute atomic E-state index is 5.87. The number of aromatic nitrogens is 1. The van der Waals surface area contributed by atoms with Gasteiger partial charge in [-0.15, -0.1) is 11.8 Å². The number of aryl methyl sites for hydroxylation is 1. The maximum atomic E-state index is 5.87. The van der Waals surface area contributed by atoms with Crippen molar-refractivity contribution in [3.8, 4) is 0 Å². The molecule has 0 unspecified atom stereocenters. The van der Waals surface area contributed by atoms with Gasteiger partial charge in [-0.1, -0.05) is 11.6 Å². The lowest BCUT2D eigenvalue weighted by Gasteiger charge is -2.00. The normalized spacial score (nSPS) is 10.5. The Morgan fingerprint density at radius 1 is 1.47 bits per heavy atom. The van der Waals surface area contributed by atoms with E-state index in [1.54, 1.807) is 30.3 Å². The molecule has 0 fully saturated rings. The van der Waals surface area contributed by atoms with E-state index in [1.807, 2.05) is 19.1 Å². The lowest BCUT2D eigenvalue weighted by Crippen LogP contribution is -1.85. The van der Waals surface area contributed by atoms with E-state index in [9.17, 15) is 0 Å². The summed E-state index contributed by atoms with van der Waals surface area (Å²) < 4.78 is 5.21. The van der Waals surface area contributed by atoms with Gasteiger partial charge in [0.1, 0.15) is 5.76 Å². The SMILES string of the molecule is Cc1occc1SCc1cc(Cl)ccn1. The van der Waals surface area contributed by atoms with Gasteiger partial charge < -0.3 is 4.42 Å². The van der Waals surface area contributed by atoms with E-state index in [0.717, 1.165) is 27.1 Å². The number of pyridine rings is 1. The van der Waals surface area contributed by atoms with Crippen LogP contribution < -0.4 is 0 Å². The van der Waals surface area contributed by atoms with Crippen LogP contribution in [0.1, 0.15) is 11.5 Å². The van der Waals surface area contributed by atoms with Crippen LogP contribution in [-0.2, 0) is 5.75 Å². The summed E-state index contributed by atoms with van der Waals surface area (Å²) in [4.78, 5) is 5.38. The van der Waals surface area contributed by atoms with Gasteiger partial charge in [-0.2, -0.15) is 0 Å². The number of hydrogen-bond acceptors (Lipinski definition) is 3. The summed E-state index contributed by atoms with van der Waals surface area (Å²) in [5, 5.41) is 0.726. The van der Waals surface area contributed by atoms with Gasteiger partial charge in [-0.05, 0) is 25.1 Å². The van der Waals surface area contributed by atoms with E-state index in [0.29, 0.717) is 0 Å². The molecule has 2 rings (SSSR count). The van der Waals surface area contributed by atoms with Crippen molar-refractivity contribution in [3.05, 3.63) is 47.1 Å². The van der Waals surface area contributed by atoms with Crippen LogP contribution in [0, 0.1) is 6.92 Å². The van der Waals surface area contributed by atoms with Crippen molar-refractivity contribution >= 4 is 23.4 Å². The molecule has 0 aliphatic rings. The second kappa shape index (κ2) is 4.73. The van der Waals surface area contributed by atoms with Gasteiger partial charge in [0.05, 0.1) is 12.0 Å². The molecule has 2 heterocycles. The number of halogens is 1. The molecule has 0 spiro atoms. The van der Waals surface area contributed by atoms with Crippen LogP contribution in [0.15, 0.2) is 40.0 Å². The largest absolute Gasteiger partial charge is 0.468 e. The average molecular weight is 240 g/mol. The van der Waals surface area contributed by atoms with E-state index < -0.39 is 0 Å². The second-order valence-electron chi connectivity index (χ2n) is 3.10. The topological polar surface area (TPSA) is 26.0 Å². The van der Waals surface area contributed by atoms with Crippen LogP contribution in [0.4, 0.5) is 0 Å². The highest BCUT2D eigenvalue weighted by molar-refractivity contribution is 7.98. The molecule has 0 aliphatic carbocycles. The van der Waals surface area contributed by atoms with E-state index in [1.165, 1.54) is 0 Å². The van der Waals surface area contributed by atoms with Crippen LogP contribution in [0.5, 0.6) is 0 Å². The molecule has 2 nitrogen and oxygen atoms in total. The third-order valence-corrected chi connectivity index (χ3v) is 3.38. The highest BCUT2D eigenvalue weighted by atomic mass is 35.5. The zero-order chi connectivity index (χ0) is 10.7. The number of hydrogen-bond donors (Lipinski definition) is 0. The molecule has 4 heteroatoms. The standard InChI is InChI=1S/C11H10ClNOS/c1-8-11(3-5-14-8)15-7-10-6-9(12)2-4-13-10/h2-6H,7H2,1H3. The number of nitrogens with zero attached hydrogens (tertiary/aromatic N) is 1. The molecule has 0 saturated heterocycles. The average Bonchev–Trinajstić information content (AvgIpc) is 2.61. The van der Waals surface area contributed by atoms with Gasteiger partial charge in [-0.3, -0.25) is 4.98 Å². The van der Waals surface area contributed by atoms with Gasteiger partial charge in [0.25, 0.3) is 0 Å². The fourth-order valence-electron chi connectivity index (χ4n) is 1.20. The van der Waals surface area contributed by atoms with Crippen LogP contribution in [-0.4, -0.2) is 4.98 Å². The van der Waals surface area contributed by atoms with Crippen molar-refractivity contribution in [1.82, 2.24) is 4.98 Å². The smallest absolute Gasteiger partial charge is 0.114 e. The molecular formula is C11H10ClNOS. The zero-order valence-corrected chi connectivity index (χ0v) is 9.81. The Morgan fingerprint density at radius 2 is 2.33 bits per heavy atom. The zero-order valence-electron chi connectivity index (χ0n) is 8.24. The van der Waals surface area contributed by atoms with Crippen LogP contribution in [0.25, 0.3) is 0 Å². The maximum Gasteiger partial charge on any atom is 0.114 e. The van der Waals surface area contributed by atoms with Gasteiger partial charge in [0.15, 0.2) is 0 Å². The molecule has 2 aromatic rings. The summed E-state index contributed by atoms with van der Waals surface area (Å²) in [6.45, 7) is 1.95. The number of rotatable bonds is 3. The monoisotopic (exact) mass is 239 g/mol. The summed E-state index contributed by atoms with van der Waals surface area (Å²) in [5.41, 5.74) is 0.980. The van der Waals surface area contributed by atoms with Crippen molar-refractivity contribution in [1.29, 1.82) is 0 Å². The molecule has 0 saturated carbocycles. The summed E-state index contributed by atoms with van der Waals surface area (Å²) >= 11 is 7.57. The Labute approximate surface area is 97.7 Å². The minimum atomic E-state index is 0.726. The predicted octanol–water partition coefficient (Wildman–Crippen LogP) is 3.93. The highest BCUT2D eigenvalue weighted by Crippen LogP contribution is 2.26. The van der Waals surface area contributed by atoms with Gasteiger partial charge in [0, 0.05) is 21.9 Å². The first-order valence-electron chi connectivity index (χ1n) is 4.53. The molecule has 0 bridgehead atoms.